The fourth-order valence-electron chi connectivity index (χ4n) is 2.06. The smallest absolute Gasteiger partial charge is 0.292 e. The Morgan fingerprint density at radius 1 is 1.25 bits per heavy atom. The van der Waals surface area contributed by atoms with Gasteiger partial charge in [-0.1, -0.05) is 12.1 Å². The highest BCUT2D eigenvalue weighted by atomic mass is 79.9. The van der Waals surface area contributed by atoms with Gasteiger partial charge in [0.25, 0.3) is 11.6 Å². The molecule has 2 aromatic carbocycles. The number of benzene rings is 2. The SMILES string of the molecule is COc1ccc(Br)c(C(=O)NCCNc2ccccc2[N+](=O)[O-])c1. The van der Waals surface area contributed by atoms with Crippen LogP contribution in [0.2, 0.25) is 0 Å². The lowest BCUT2D eigenvalue weighted by Gasteiger charge is -2.10. The van der Waals surface area contributed by atoms with Gasteiger partial charge in [0.1, 0.15) is 11.4 Å². The molecule has 0 aromatic heterocycles. The number of nitrogens with zero attached hydrogens (tertiary/aromatic N) is 1. The third kappa shape index (κ3) is 4.45. The van der Waals surface area contributed by atoms with E-state index in [4.69, 9.17) is 4.74 Å². The average Bonchev–Trinajstić information content (AvgIpc) is 2.59. The summed E-state index contributed by atoms with van der Waals surface area (Å²) in [4.78, 5) is 22.7. The number of nitrogens with one attached hydrogen (secondary N) is 2. The molecule has 0 spiro atoms. The molecule has 0 aliphatic carbocycles. The van der Waals surface area contributed by atoms with Gasteiger partial charge in [-0.2, -0.15) is 0 Å². The van der Waals surface area contributed by atoms with E-state index < -0.39 is 4.92 Å². The number of methoxy groups -OCH3 is 1. The average molecular weight is 394 g/mol. The third-order valence-electron chi connectivity index (χ3n) is 3.24. The highest BCUT2D eigenvalue weighted by Gasteiger charge is 2.13. The van der Waals surface area contributed by atoms with Crippen molar-refractivity contribution in [3.63, 3.8) is 0 Å². The van der Waals surface area contributed by atoms with Gasteiger partial charge >= 0.3 is 0 Å². The highest BCUT2D eigenvalue weighted by Crippen LogP contribution is 2.23. The van der Waals surface area contributed by atoms with Crippen LogP contribution in [0.3, 0.4) is 0 Å². The first kappa shape index (κ1) is 17.7. The van der Waals surface area contributed by atoms with Crippen LogP contribution in [0.25, 0.3) is 0 Å². The van der Waals surface area contributed by atoms with Crippen LogP contribution in [-0.2, 0) is 0 Å². The molecule has 8 heteroatoms. The molecular weight excluding hydrogens is 378 g/mol. The van der Waals surface area contributed by atoms with E-state index in [2.05, 4.69) is 26.6 Å². The topological polar surface area (TPSA) is 93.5 Å². The second-order valence-electron chi connectivity index (χ2n) is 4.80. The zero-order valence-electron chi connectivity index (χ0n) is 12.9. The largest absolute Gasteiger partial charge is 0.497 e. The van der Waals surface area contributed by atoms with E-state index in [9.17, 15) is 14.9 Å². The van der Waals surface area contributed by atoms with Crippen molar-refractivity contribution in [2.75, 3.05) is 25.5 Å². The molecular formula is C16H16BrN3O4. The molecule has 7 nitrogen and oxygen atoms in total. The fraction of sp³-hybridized carbons (Fsp3) is 0.188. The van der Waals surface area contributed by atoms with Gasteiger partial charge < -0.3 is 15.4 Å². The molecule has 2 aromatic rings. The number of nitro benzene ring substituents is 1. The summed E-state index contributed by atoms with van der Waals surface area (Å²) in [5.41, 5.74) is 0.874. The van der Waals surface area contributed by atoms with Crippen molar-refractivity contribution >= 4 is 33.2 Å². The Kier molecular flexibility index (Phi) is 6.14. The Balaban J connectivity index is 1.91. The van der Waals surface area contributed by atoms with E-state index in [0.717, 1.165) is 0 Å². The molecule has 0 fully saturated rings. The van der Waals surface area contributed by atoms with E-state index >= 15 is 0 Å². The molecule has 0 aliphatic heterocycles. The maximum Gasteiger partial charge on any atom is 0.292 e. The maximum absolute atomic E-state index is 12.2. The number of nitro groups is 1. The normalized spacial score (nSPS) is 10.1. The summed E-state index contributed by atoms with van der Waals surface area (Å²) in [5, 5.41) is 16.6. The molecule has 0 radical (unpaired) electrons. The molecule has 2 rings (SSSR count). The lowest BCUT2D eigenvalue weighted by atomic mass is 10.2. The number of para-hydroxylation sites is 2. The van der Waals surface area contributed by atoms with Gasteiger partial charge in [-0.3, -0.25) is 14.9 Å². The molecule has 0 aliphatic rings. The van der Waals surface area contributed by atoms with Crippen LogP contribution in [0.1, 0.15) is 10.4 Å². The van der Waals surface area contributed by atoms with Crippen molar-refractivity contribution in [3.05, 3.63) is 62.6 Å². The Labute approximate surface area is 147 Å². The zero-order valence-corrected chi connectivity index (χ0v) is 14.5. The molecule has 2 N–H and O–H groups in total. The van der Waals surface area contributed by atoms with E-state index in [1.54, 1.807) is 36.4 Å². The van der Waals surface area contributed by atoms with Crippen molar-refractivity contribution in [1.29, 1.82) is 0 Å². The second kappa shape index (κ2) is 8.30. The number of ether oxygens (including phenoxy) is 1. The molecule has 0 atom stereocenters. The zero-order chi connectivity index (χ0) is 17.5. The predicted octanol–water partition coefficient (Wildman–Crippen LogP) is 3.21. The second-order valence-corrected chi connectivity index (χ2v) is 5.66. The van der Waals surface area contributed by atoms with Crippen LogP contribution in [0, 0.1) is 10.1 Å². The summed E-state index contributed by atoms with van der Waals surface area (Å²) in [6.45, 7) is 0.673. The summed E-state index contributed by atoms with van der Waals surface area (Å²) in [7, 11) is 1.53. The Bertz CT molecular complexity index is 752. The standard InChI is InChI=1S/C16H16BrN3O4/c1-24-11-6-7-13(17)12(10-11)16(21)19-9-8-18-14-4-2-3-5-15(14)20(22)23/h2-7,10,18H,8-9H2,1H3,(H,19,21). The van der Waals surface area contributed by atoms with E-state index in [1.807, 2.05) is 0 Å². The first-order valence-electron chi connectivity index (χ1n) is 7.12. The minimum absolute atomic E-state index is 0.000586. The number of halogens is 1. The van der Waals surface area contributed by atoms with Crippen molar-refractivity contribution in [3.8, 4) is 5.75 Å². The number of hydrogen-bond acceptors (Lipinski definition) is 5. The number of carbonyl (C=O) groups excluding carboxylic acids is 1. The van der Waals surface area contributed by atoms with Gasteiger partial charge in [0.05, 0.1) is 17.6 Å². The highest BCUT2D eigenvalue weighted by molar-refractivity contribution is 9.10. The summed E-state index contributed by atoms with van der Waals surface area (Å²) in [6, 6.07) is 11.5. The minimum atomic E-state index is -0.450. The number of hydrogen-bond donors (Lipinski definition) is 2. The summed E-state index contributed by atoms with van der Waals surface area (Å²) >= 11 is 3.32. The van der Waals surface area contributed by atoms with Gasteiger partial charge in [-0.15, -0.1) is 0 Å². The van der Waals surface area contributed by atoms with Crippen LogP contribution in [0.5, 0.6) is 5.75 Å². The quantitative estimate of drug-likeness (QED) is 0.427. The van der Waals surface area contributed by atoms with Gasteiger partial charge in [-0.05, 0) is 40.2 Å². The van der Waals surface area contributed by atoms with Gasteiger partial charge in [-0.25, -0.2) is 0 Å². The van der Waals surface area contributed by atoms with Crippen LogP contribution < -0.4 is 15.4 Å². The molecule has 0 saturated heterocycles. The first-order valence-corrected chi connectivity index (χ1v) is 7.91. The van der Waals surface area contributed by atoms with Gasteiger partial charge in [0.15, 0.2) is 0 Å². The number of rotatable bonds is 7. The molecule has 0 heterocycles. The summed E-state index contributed by atoms with van der Waals surface area (Å²) < 4.78 is 5.76. The summed E-state index contributed by atoms with van der Waals surface area (Å²) in [5.74, 6) is 0.325. The van der Waals surface area contributed by atoms with E-state index in [0.29, 0.717) is 34.6 Å². The van der Waals surface area contributed by atoms with Crippen molar-refractivity contribution in [2.45, 2.75) is 0 Å². The molecule has 0 unspecified atom stereocenters. The molecule has 1 amide bonds. The molecule has 0 bridgehead atoms. The van der Waals surface area contributed by atoms with Crippen LogP contribution in [-0.4, -0.2) is 31.0 Å². The van der Waals surface area contributed by atoms with Gasteiger partial charge in [0, 0.05) is 23.6 Å². The number of carbonyl (C=O) groups is 1. The van der Waals surface area contributed by atoms with Crippen molar-refractivity contribution in [1.82, 2.24) is 5.32 Å². The number of amides is 1. The van der Waals surface area contributed by atoms with E-state index in [-0.39, 0.29) is 11.6 Å². The molecule has 24 heavy (non-hydrogen) atoms. The van der Waals surface area contributed by atoms with Crippen molar-refractivity contribution in [2.24, 2.45) is 0 Å². The fourth-order valence-corrected chi connectivity index (χ4v) is 2.48. The van der Waals surface area contributed by atoms with Crippen LogP contribution in [0.4, 0.5) is 11.4 Å². The Morgan fingerprint density at radius 3 is 2.71 bits per heavy atom. The lowest BCUT2D eigenvalue weighted by Crippen LogP contribution is -2.29. The van der Waals surface area contributed by atoms with Gasteiger partial charge in [0.2, 0.25) is 0 Å². The Hall–Kier alpha value is -2.61. The predicted molar refractivity (Wildman–Crippen MR) is 94.6 cm³/mol. The van der Waals surface area contributed by atoms with Crippen molar-refractivity contribution < 1.29 is 14.5 Å². The van der Waals surface area contributed by atoms with E-state index in [1.165, 1.54) is 13.2 Å². The first-order chi connectivity index (χ1) is 11.5. The monoisotopic (exact) mass is 393 g/mol. The third-order valence-corrected chi connectivity index (χ3v) is 3.94. The molecule has 126 valence electrons. The number of anilines is 1. The van der Waals surface area contributed by atoms with Crippen LogP contribution >= 0.6 is 15.9 Å². The maximum atomic E-state index is 12.2. The molecule has 0 saturated carbocycles. The summed E-state index contributed by atoms with van der Waals surface area (Å²) in [6.07, 6.45) is 0. The van der Waals surface area contributed by atoms with Crippen LogP contribution in [0.15, 0.2) is 46.9 Å². The lowest BCUT2D eigenvalue weighted by molar-refractivity contribution is -0.384. The minimum Gasteiger partial charge on any atom is -0.497 e. The Morgan fingerprint density at radius 2 is 2.00 bits per heavy atom.